The zero-order valence-corrected chi connectivity index (χ0v) is 9.26. The molecule has 19 heavy (non-hydrogen) atoms. The summed E-state index contributed by atoms with van der Waals surface area (Å²) < 4.78 is 51.6. The highest BCUT2D eigenvalue weighted by atomic mass is 19.4. The Bertz CT molecular complexity index is 597. The van der Waals surface area contributed by atoms with Crippen molar-refractivity contribution < 1.29 is 27.6 Å². The predicted molar refractivity (Wildman–Crippen MR) is 58.3 cm³/mol. The molecule has 0 amide bonds. The maximum atomic E-state index is 13.6. The van der Waals surface area contributed by atoms with Crippen LogP contribution >= 0.6 is 0 Å². The summed E-state index contributed by atoms with van der Waals surface area (Å²) in [7, 11) is -1.79. The highest BCUT2D eigenvalue weighted by molar-refractivity contribution is 6.58. The van der Waals surface area contributed by atoms with E-state index < -0.39 is 24.7 Å². The highest BCUT2D eigenvalue weighted by Crippen LogP contribution is 2.30. The highest BCUT2D eigenvalue weighted by Gasteiger charge is 2.31. The molecule has 0 spiro atoms. The maximum absolute atomic E-state index is 13.6. The van der Waals surface area contributed by atoms with E-state index in [0.717, 1.165) is 29.2 Å². The lowest BCUT2D eigenvalue weighted by Crippen LogP contribution is -2.28. The van der Waals surface area contributed by atoms with Crippen molar-refractivity contribution in [1.29, 1.82) is 0 Å². The van der Waals surface area contributed by atoms with Crippen LogP contribution in [0, 0.1) is 5.82 Å². The van der Waals surface area contributed by atoms with E-state index in [1.807, 2.05) is 0 Å². The zero-order chi connectivity index (χ0) is 14.2. The van der Waals surface area contributed by atoms with Crippen LogP contribution in [0.5, 0.6) is 0 Å². The number of halogens is 4. The lowest BCUT2D eigenvalue weighted by molar-refractivity contribution is -0.137. The number of aromatic nitrogens is 2. The lowest BCUT2D eigenvalue weighted by atomic mass is 9.83. The Morgan fingerprint density at radius 1 is 1.21 bits per heavy atom. The average molecular weight is 274 g/mol. The molecule has 0 saturated heterocycles. The van der Waals surface area contributed by atoms with Crippen molar-refractivity contribution in [1.82, 2.24) is 9.78 Å². The Hall–Kier alpha value is -1.87. The Labute approximate surface area is 105 Å². The molecule has 1 heterocycles. The van der Waals surface area contributed by atoms with Crippen LogP contribution in [0.2, 0.25) is 0 Å². The van der Waals surface area contributed by atoms with Crippen LogP contribution < -0.4 is 5.46 Å². The second-order valence-electron chi connectivity index (χ2n) is 3.76. The number of nitrogens with zero attached hydrogens (tertiary/aromatic N) is 2. The van der Waals surface area contributed by atoms with Crippen molar-refractivity contribution >= 4 is 12.6 Å². The number of hydrogen-bond donors (Lipinski definition) is 2. The summed E-state index contributed by atoms with van der Waals surface area (Å²) in [6, 6.07) is 1.99. The average Bonchev–Trinajstić information content (AvgIpc) is 2.76. The van der Waals surface area contributed by atoms with Crippen molar-refractivity contribution in [2.24, 2.45) is 0 Å². The molecule has 0 radical (unpaired) electrons. The molecule has 2 aromatic rings. The molecule has 0 aliphatic rings. The molecule has 0 saturated carbocycles. The molecule has 0 aliphatic carbocycles. The number of rotatable bonds is 2. The molecule has 2 N–H and O–H groups in total. The largest absolute Gasteiger partial charge is 0.491 e. The van der Waals surface area contributed by atoms with Gasteiger partial charge in [-0.25, -0.2) is 9.07 Å². The van der Waals surface area contributed by atoms with Crippen molar-refractivity contribution in [3.63, 3.8) is 0 Å². The van der Waals surface area contributed by atoms with Gasteiger partial charge < -0.3 is 10.0 Å². The first kappa shape index (κ1) is 13.6. The molecule has 9 heteroatoms. The Kier molecular flexibility index (Phi) is 3.33. The van der Waals surface area contributed by atoms with E-state index in [1.165, 1.54) is 0 Å². The molecule has 100 valence electrons. The van der Waals surface area contributed by atoms with Gasteiger partial charge in [0.2, 0.25) is 0 Å². The van der Waals surface area contributed by atoms with Crippen LogP contribution in [-0.2, 0) is 6.18 Å². The third-order valence-electron chi connectivity index (χ3n) is 2.42. The SMILES string of the molecule is OB(O)c1cnn(-c2ccc(C(F)(F)F)cc2F)c1. The molecule has 1 aromatic heterocycles. The van der Waals surface area contributed by atoms with Crippen LogP contribution in [0.25, 0.3) is 5.69 Å². The van der Waals surface area contributed by atoms with Gasteiger partial charge in [0.15, 0.2) is 0 Å². The molecular weight excluding hydrogens is 267 g/mol. The summed E-state index contributed by atoms with van der Waals surface area (Å²) in [5, 5.41) is 21.4. The molecule has 1 aromatic carbocycles. The van der Waals surface area contributed by atoms with Crippen LogP contribution in [0.4, 0.5) is 17.6 Å². The van der Waals surface area contributed by atoms with Crippen LogP contribution in [0.1, 0.15) is 5.56 Å². The summed E-state index contributed by atoms with van der Waals surface area (Å²) in [5.74, 6) is -1.11. The molecule has 0 unspecified atom stereocenters. The monoisotopic (exact) mass is 274 g/mol. The van der Waals surface area contributed by atoms with Crippen LogP contribution in [0.3, 0.4) is 0 Å². The van der Waals surface area contributed by atoms with Gasteiger partial charge >= 0.3 is 13.3 Å². The van der Waals surface area contributed by atoms with Gasteiger partial charge in [0.1, 0.15) is 11.5 Å². The minimum Gasteiger partial charge on any atom is -0.423 e. The Morgan fingerprint density at radius 2 is 1.89 bits per heavy atom. The summed E-state index contributed by atoms with van der Waals surface area (Å²) in [6.07, 6.45) is -2.45. The maximum Gasteiger partial charge on any atom is 0.491 e. The first-order chi connectivity index (χ1) is 8.79. The van der Waals surface area contributed by atoms with Gasteiger partial charge in [0.25, 0.3) is 0 Å². The number of benzene rings is 1. The van der Waals surface area contributed by atoms with Crippen molar-refractivity contribution in [2.75, 3.05) is 0 Å². The Morgan fingerprint density at radius 3 is 2.37 bits per heavy atom. The number of alkyl halides is 3. The lowest BCUT2D eigenvalue weighted by Gasteiger charge is -2.09. The molecule has 0 aliphatic heterocycles. The molecule has 0 fully saturated rings. The summed E-state index contributed by atoms with van der Waals surface area (Å²) in [5.41, 5.74) is -1.33. The molecule has 0 atom stereocenters. The third kappa shape index (κ3) is 2.77. The summed E-state index contributed by atoms with van der Waals surface area (Å²) in [4.78, 5) is 0. The fourth-order valence-electron chi connectivity index (χ4n) is 1.47. The topological polar surface area (TPSA) is 58.3 Å². The van der Waals surface area contributed by atoms with E-state index >= 15 is 0 Å². The molecule has 2 rings (SSSR count). The van der Waals surface area contributed by atoms with Gasteiger partial charge in [-0.1, -0.05) is 0 Å². The van der Waals surface area contributed by atoms with E-state index in [2.05, 4.69) is 5.10 Å². The fourth-order valence-corrected chi connectivity index (χ4v) is 1.47. The van der Waals surface area contributed by atoms with Crippen molar-refractivity contribution in [3.05, 3.63) is 42.0 Å². The second-order valence-corrected chi connectivity index (χ2v) is 3.76. The van der Waals surface area contributed by atoms with E-state index in [0.29, 0.717) is 6.07 Å². The fraction of sp³-hybridized carbons (Fsp3) is 0.100. The normalized spacial score (nSPS) is 11.7. The van der Waals surface area contributed by atoms with Gasteiger partial charge in [0, 0.05) is 17.9 Å². The standard InChI is InChI=1S/C10H7BF4N2O2/c12-8-3-6(10(13,14)15)1-2-9(8)17-5-7(4-16-17)11(18)19/h1-5,18-19H. The summed E-state index contributed by atoms with van der Waals surface area (Å²) in [6.45, 7) is 0. The first-order valence-corrected chi connectivity index (χ1v) is 5.07. The van der Waals surface area contributed by atoms with Gasteiger partial charge in [-0.2, -0.15) is 18.3 Å². The number of hydrogen-bond acceptors (Lipinski definition) is 3. The third-order valence-corrected chi connectivity index (χ3v) is 2.42. The predicted octanol–water partition coefficient (Wildman–Crippen LogP) is 0.710. The minimum absolute atomic E-state index is 0.000650. The molecular formula is C10H7BF4N2O2. The first-order valence-electron chi connectivity index (χ1n) is 5.07. The van der Waals surface area contributed by atoms with Gasteiger partial charge in [0.05, 0.1) is 5.56 Å². The van der Waals surface area contributed by atoms with E-state index in [4.69, 9.17) is 10.0 Å². The van der Waals surface area contributed by atoms with Gasteiger partial charge in [-0.15, -0.1) is 0 Å². The quantitative estimate of drug-likeness (QED) is 0.626. The van der Waals surface area contributed by atoms with Gasteiger partial charge in [-0.3, -0.25) is 0 Å². The van der Waals surface area contributed by atoms with Crippen molar-refractivity contribution in [3.8, 4) is 5.69 Å². The minimum atomic E-state index is -4.63. The second kappa shape index (κ2) is 4.67. The Balaban J connectivity index is 2.40. The summed E-state index contributed by atoms with van der Waals surface area (Å²) >= 11 is 0. The van der Waals surface area contributed by atoms with Crippen LogP contribution in [-0.4, -0.2) is 26.9 Å². The van der Waals surface area contributed by atoms with Crippen molar-refractivity contribution in [2.45, 2.75) is 6.18 Å². The molecule has 0 bridgehead atoms. The van der Waals surface area contributed by atoms with Gasteiger partial charge in [-0.05, 0) is 18.2 Å². The van der Waals surface area contributed by atoms with E-state index in [-0.39, 0.29) is 11.2 Å². The van der Waals surface area contributed by atoms with E-state index in [1.54, 1.807) is 0 Å². The smallest absolute Gasteiger partial charge is 0.423 e. The van der Waals surface area contributed by atoms with E-state index in [9.17, 15) is 17.6 Å². The zero-order valence-electron chi connectivity index (χ0n) is 9.26. The molecule has 4 nitrogen and oxygen atoms in total. The van der Waals surface area contributed by atoms with Crippen LogP contribution in [0.15, 0.2) is 30.6 Å².